The van der Waals surface area contributed by atoms with Crippen LogP contribution in [0, 0.1) is 17.2 Å². The third-order valence-electron chi connectivity index (χ3n) is 6.93. The average molecular weight is 331 g/mol. The highest BCUT2D eigenvalue weighted by Gasteiger charge is 2.64. The molecule has 130 valence electrons. The monoisotopic (exact) mass is 331 g/mol. The molecule has 0 amide bonds. The van der Waals surface area contributed by atoms with Gasteiger partial charge in [0.2, 0.25) is 0 Å². The summed E-state index contributed by atoms with van der Waals surface area (Å²) < 4.78 is 20.1. The molecule has 5 rings (SSSR count). The molecule has 4 aliphatic rings. The zero-order valence-electron chi connectivity index (χ0n) is 14.1. The minimum absolute atomic E-state index is 0.210. The van der Waals surface area contributed by atoms with Gasteiger partial charge in [-0.05, 0) is 37.8 Å². The van der Waals surface area contributed by atoms with Crippen LogP contribution in [0.15, 0.2) is 18.3 Å². The number of nitrogens with one attached hydrogen (secondary N) is 1. The highest BCUT2D eigenvalue weighted by Crippen LogP contribution is 2.60. The van der Waals surface area contributed by atoms with Gasteiger partial charge in [0.25, 0.3) is 0 Å². The van der Waals surface area contributed by atoms with Gasteiger partial charge in [0.05, 0.1) is 6.10 Å². The molecule has 1 spiro atoms. The molecule has 0 aromatic carbocycles. The van der Waals surface area contributed by atoms with Gasteiger partial charge in [0.1, 0.15) is 0 Å². The molecule has 2 aliphatic heterocycles. The van der Waals surface area contributed by atoms with E-state index in [9.17, 15) is 4.39 Å². The van der Waals surface area contributed by atoms with Crippen molar-refractivity contribution in [3.8, 4) is 0 Å². The molecule has 4 nitrogen and oxygen atoms in total. The Morgan fingerprint density at radius 2 is 2.17 bits per heavy atom. The van der Waals surface area contributed by atoms with Gasteiger partial charge >= 0.3 is 0 Å². The maximum absolute atomic E-state index is 14.0. The van der Waals surface area contributed by atoms with Crippen LogP contribution in [-0.2, 0) is 4.74 Å². The van der Waals surface area contributed by atoms with Crippen LogP contribution in [0.4, 0.5) is 10.2 Å². The first-order valence-electron chi connectivity index (χ1n) is 9.51. The van der Waals surface area contributed by atoms with E-state index in [-0.39, 0.29) is 5.82 Å². The lowest BCUT2D eigenvalue weighted by atomic mass is 9.54. The van der Waals surface area contributed by atoms with Crippen LogP contribution in [-0.4, -0.2) is 42.9 Å². The Bertz CT molecular complexity index is 618. The van der Waals surface area contributed by atoms with Crippen molar-refractivity contribution in [3.63, 3.8) is 0 Å². The van der Waals surface area contributed by atoms with Gasteiger partial charge in [-0.25, -0.2) is 9.37 Å². The van der Waals surface area contributed by atoms with E-state index in [0.717, 1.165) is 26.1 Å². The van der Waals surface area contributed by atoms with Crippen molar-refractivity contribution in [2.75, 3.05) is 24.6 Å². The van der Waals surface area contributed by atoms with Crippen molar-refractivity contribution in [1.82, 2.24) is 10.3 Å². The van der Waals surface area contributed by atoms with Crippen LogP contribution in [0.25, 0.3) is 0 Å². The van der Waals surface area contributed by atoms with E-state index in [1.807, 2.05) is 0 Å². The molecular formula is C19H26FN3O. The number of hydrogen-bond donors (Lipinski definition) is 1. The Balaban J connectivity index is 1.28. The van der Waals surface area contributed by atoms with Crippen LogP contribution in [0.5, 0.6) is 0 Å². The van der Waals surface area contributed by atoms with Crippen molar-refractivity contribution in [2.45, 2.75) is 56.7 Å². The third kappa shape index (κ3) is 2.14. The van der Waals surface area contributed by atoms with Crippen molar-refractivity contribution >= 4 is 5.82 Å². The Labute approximate surface area is 142 Å². The molecule has 5 heteroatoms. The number of fused-ring (bicyclic) bond motifs is 2. The molecule has 4 atom stereocenters. The summed E-state index contributed by atoms with van der Waals surface area (Å²) in [4.78, 5) is 6.33. The lowest BCUT2D eigenvalue weighted by Gasteiger charge is -2.57. The van der Waals surface area contributed by atoms with E-state index in [4.69, 9.17) is 4.74 Å². The van der Waals surface area contributed by atoms with E-state index in [2.05, 4.69) is 15.2 Å². The molecule has 2 aliphatic carbocycles. The number of hydrogen-bond acceptors (Lipinski definition) is 4. The number of nitrogens with zero attached hydrogens (tertiary/aromatic N) is 2. The van der Waals surface area contributed by atoms with Crippen LogP contribution < -0.4 is 10.2 Å². The summed E-state index contributed by atoms with van der Waals surface area (Å²) in [7, 11) is 0. The standard InChI is InChI=1S/C19H26FN3O/c20-15-4-3-9-21-18(15)23-10-5-13(12-23)22-16-14-6-11-24-17(14)19(16)7-1-2-8-19/h3-4,9,13-14,16-17,22H,1-2,5-8,10-12H2/t13-,14+,16+,17+/m0/s1. The summed E-state index contributed by atoms with van der Waals surface area (Å²) in [5, 5.41) is 3.97. The minimum atomic E-state index is -0.210. The number of aromatic nitrogens is 1. The molecule has 24 heavy (non-hydrogen) atoms. The topological polar surface area (TPSA) is 37.4 Å². The molecule has 1 N–H and O–H groups in total. The molecule has 2 saturated carbocycles. The van der Waals surface area contributed by atoms with E-state index in [1.165, 1.54) is 38.2 Å². The molecule has 3 heterocycles. The zero-order chi connectivity index (χ0) is 16.1. The zero-order valence-corrected chi connectivity index (χ0v) is 14.1. The van der Waals surface area contributed by atoms with Crippen LogP contribution in [0.1, 0.15) is 38.5 Å². The number of halogens is 1. The molecule has 0 radical (unpaired) electrons. The fraction of sp³-hybridized carbons (Fsp3) is 0.737. The first-order chi connectivity index (χ1) is 11.8. The first kappa shape index (κ1) is 15.1. The largest absolute Gasteiger partial charge is 0.377 e. The fourth-order valence-corrected chi connectivity index (χ4v) is 5.90. The molecular weight excluding hydrogens is 305 g/mol. The highest BCUT2D eigenvalue weighted by molar-refractivity contribution is 5.41. The van der Waals surface area contributed by atoms with Crippen LogP contribution in [0.3, 0.4) is 0 Å². The quantitative estimate of drug-likeness (QED) is 0.924. The van der Waals surface area contributed by atoms with Gasteiger partial charge in [-0.3, -0.25) is 0 Å². The third-order valence-corrected chi connectivity index (χ3v) is 6.93. The SMILES string of the molecule is Fc1cccnc1N1CC[C@H](N[C@@H]2[C@H]3CCO[C@H]3C23CCCC3)C1. The van der Waals surface area contributed by atoms with Gasteiger partial charge in [0.15, 0.2) is 11.6 Å². The molecule has 1 aromatic rings. The van der Waals surface area contributed by atoms with E-state index in [1.54, 1.807) is 12.3 Å². The van der Waals surface area contributed by atoms with Gasteiger partial charge in [-0.2, -0.15) is 0 Å². The van der Waals surface area contributed by atoms with E-state index in [0.29, 0.717) is 35.3 Å². The highest BCUT2D eigenvalue weighted by atomic mass is 19.1. The normalized spacial score (nSPS) is 37.0. The van der Waals surface area contributed by atoms with Gasteiger partial charge in [0, 0.05) is 49.3 Å². The van der Waals surface area contributed by atoms with Crippen molar-refractivity contribution in [2.24, 2.45) is 11.3 Å². The molecule has 2 saturated heterocycles. The van der Waals surface area contributed by atoms with E-state index >= 15 is 0 Å². The summed E-state index contributed by atoms with van der Waals surface area (Å²) in [6, 6.07) is 4.20. The van der Waals surface area contributed by atoms with Crippen LogP contribution in [0.2, 0.25) is 0 Å². The molecule has 0 bridgehead atoms. The number of anilines is 1. The maximum Gasteiger partial charge on any atom is 0.165 e. The summed E-state index contributed by atoms with van der Waals surface area (Å²) >= 11 is 0. The fourth-order valence-electron chi connectivity index (χ4n) is 5.90. The molecule has 1 aromatic heterocycles. The summed E-state index contributed by atoms with van der Waals surface area (Å²) in [5.41, 5.74) is 0.394. The number of rotatable bonds is 3. The Hall–Kier alpha value is -1.20. The van der Waals surface area contributed by atoms with Crippen molar-refractivity contribution < 1.29 is 9.13 Å². The van der Waals surface area contributed by atoms with Gasteiger partial charge in [-0.15, -0.1) is 0 Å². The molecule has 4 fully saturated rings. The first-order valence-corrected chi connectivity index (χ1v) is 9.51. The summed E-state index contributed by atoms with van der Waals surface area (Å²) in [6.07, 6.45) is 9.79. The lowest BCUT2D eigenvalue weighted by Crippen LogP contribution is -2.69. The maximum atomic E-state index is 14.0. The second-order valence-corrected chi connectivity index (χ2v) is 8.07. The minimum Gasteiger partial charge on any atom is -0.377 e. The summed E-state index contributed by atoms with van der Waals surface area (Å²) in [6.45, 7) is 2.68. The van der Waals surface area contributed by atoms with Crippen LogP contribution >= 0.6 is 0 Å². The smallest absolute Gasteiger partial charge is 0.165 e. The van der Waals surface area contributed by atoms with Gasteiger partial charge < -0.3 is 15.0 Å². The second-order valence-electron chi connectivity index (χ2n) is 8.07. The predicted octanol–water partition coefficient (Wildman–Crippen LogP) is 2.74. The number of pyridine rings is 1. The Morgan fingerprint density at radius 1 is 1.29 bits per heavy atom. The Kier molecular flexibility index (Phi) is 3.56. The number of ether oxygens (including phenoxy) is 1. The lowest BCUT2D eigenvalue weighted by molar-refractivity contribution is -0.132. The van der Waals surface area contributed by atoms with E-state index < -0.39 is 0 Å². The predicted molar refractivity (Wildman–Crippen MR) is 90.5 cm³/mol. The van der Waals surface area contributed by atoms with Crippen molar-refractivity contribution in [1.29, 1.82) is 0 Å². The molecule has 0 unspecified atom stereocenters. The second kappa shape index (κ2) is 5.67. The van der Waals surface area contributed by atoms with Gasteiger partial charge in [-0.1, -0.05) is 12.8 Å². The van der Waals surface area contributed by atoms with Crippen molar-refractivity contribution in [3.05, 3.63) is 24.1 Å². The summed E-state index contributed by atoms with van der Waals surface area (Å²) in [5.74, 6) is 0.995. The average Bonchev–Trinajstić information content (AvgIpc) is 3.32. The Morgan fingerprint density at radius 3 is 3.00 bits per heavy atom.